The van der Waals surface area contributed by atoms with Gasteiger partial charge in [-0.2, -0.15) is 0 Å². The van der Waals surface area contributed by atoms with Crippen molar-refractivity contribution >= 4 is 11.3 Å². The van der Waals surface area contributed by atoms with E-state index < -0.39 is 0 Å². The fourth-order valence-electron chi connectivity index (χ4n) is 3.62. The highest BCUT2D eigenvalue weighted by Crippen LogP contribution is 2.40. The maximum Gasteiger partial charge on any atom is 0.203 e. The monoisotopic (exact) mass is 361 g/mol. The van der Waals surface area contributed by atoms with Crippen molar-refractivity contribution in [1.82, 2.24) is 4.90 Å². The van der Waals surface area contributed by atoms with E-state index in [1.165, 1.54) is 36.1 Å². The van der Waals surface area contributed by atoms with Gasteiger partial charge in [-0.1, -0.05) is 18.9 Å². The van der Waals surface area contributed by atoms with E-state index in [0.29, 0.717) is 11.8 Å². The lowest BCUT2D eigenvalue weighted by atomic mass is 10.1. The highest BCUT2D eigenvalue weighted by Gasteiger charge is 2.24. The van der Waals surface area contributed by atoms with Crippen molar-refractivity contribution in [3.63, 3.8) is 0 Å². The summed E-state index contributed by atoms with van der Waals surface area (Å²) in [6.45, 7) is 2.01. The van der Waals surface area contributed by atoms with Gasteiger partial charge in [0.15, 0.2) is 11.5 Å². The first-order valence-corrected chi connectivity index (χ1v) is 9.71. The van der Waals surface area contributed by atoms with Gasteiger partial charge in [-0.05, 0) is 48.5 Å². The first-order chi connectivity index (χ1) is 12.3. The number of benzene rings is 1. The number of methoxy groups -OCH3 is 3. The molecule has 0 amide bonds. The maximum atomic E-state index is 5.51. The first kappa shape index (κ1) is 18.1. The largest absolute Gasteiger partial charge is 0.493 e. The molecule has 2 aromatic rings. The Morgan fingerprint density at radius 2 is 1.80 bits per heavy atom. The number of nitrogens with zero attached hydrogens (tertiary/aromatic N) is 1. The summed E-state index contributed by atoms with van der Waals surface area (Å²) in [7, 11) is 4.98. The van der Waals surface area contributed by atoms with Crippen LogP contribution in [0.4, 0.5) is 0 Å². The summed E-state index contributed by atoms with van der Waals surface area (Å²) >= 11 is 1.86. The van der Waals surface area contributed by atoms with Gasteiger partial charge in [0.25, 0.3) is 0 Å². The van der Waals surface area contributed by atoms with Crippen LogP contribution in [-0.2, 0) is 6.54 Å². The summed E-state index contributed by atoms with van der Waals surface area (Å²) in [4.78, 5) is 4.06. The Kier molecular flexibility index (Phi) is 6.21. The second-order valence-electron chi connectivity index (χ2n) is 6.38. The molecule has 3 rings (SSSR count). The van der Waals surface area contributed by atoms with Crippen LogP contribution in [0, 0.1) is 0 Å². The van der Waals surface area contributed by atoms with Crippen LogP contribution < -0.4 is 14.2 Å². The topological polar surface area (TPSA) is 30.9 Å². The number of hydrogen-bond acceptors (Lipinski definition) is 5. The summed E-state index contributed by atoms with van der Waals surface area (Å²) in [6.07, 6.45) is 5.10. The summed E-state index contributed by atoms with van der Waals surface area (Å²) in [5, 5.41) is 2.18. The van der Waals surface area contributed by atoms with Crippen LogP contribution in [0.5, 0.6) is 17.2 Å². The third-order valence-electron chi connectivity index (χ3n) is 4.85. The standard InChI is InChI=1S/C20H27NO3S/c1-22-17-12-15(13-18(23-2)20(17)24-3)14-21-10-6-4-5-8-16(21)19-9-7-11-25-19/h7,9,11-13,16H,4-6,8,10,14H2,1-3H3/t16-/m1/s1. The third-order valence-corrected chi connectivity index (χ3v) is 5.82. The van der Waals surface area contributed by atoms with E-state index in [0.717, 1.165) is 24.6 Å². The highest BCUT2D eigenvalue weighted by molar-refractivity contribution is 7.10. The van der Waals surface area contributed by atoms with Gasteiger partial charge in [0.2, 0.25) is 5.75 Å². The zero-order valence-corrected chi connectivity index (χ0v) is 16.1. The van der Waals surface area contributed by atoms with Crippen molar-refractivity contribution in [3.8, 4) is 17.2 Å². The Balaban J connectivity index is 1.88. The highest BCUT2D eigenvalue weighted by atomic mass is 32.1. The molecular weight excluding hydrogens is 334 g/mol. The van der Waals surface area contributed by atoms with Gasteiger partial charge in [-0.25, -0.2) is 0 Å². The van der Waals surface area contributed by atoms with Crippen LogP contribution in [0.25, 0.3) is 0 Å². The van der Waals surface area contributed by atoms with Crippen LogP contribution >= 0.6 is 11.3 Å². The van der Waals surface area contributed by atoms with Gasteiger partial charge in [0.05, 0.1) is 21.3 Å². The van der Waals surface area contributed by atoms with Gasteiger partial charge in [-0.3, -0.25) is 4.90 Å². The lowest BCUT2D eigenvalue weighted by Crippen LogP contribution is -2.27. The molecule has 1 aromatic carbocycles. The molecule has 1 saturated heterocycles. The van der Waals surface area contributed by atoms with Gasteiger partial charge >= 0.3 is 0 Å². The minimum atomic E-state index is 0.501. The molecule has 0 unspecified atom stereocenters. The molecule has 1 fully saturated rings. The Morgan fingerprint density at radius 3 is 2.40 bits per heavy atom. The second-order valence-corrected chi connectivity index (χ2v) is 7.36. The van der Waals surface area contributed by atoms with Crippen LogP contribution in [0.15, 0.2) is 29.6 Å². The minimum Gasteiger partial charge on any atom is -0.493 e. The maximum absolute atomic E-state index is 5.51. The molecule has 0 saturated carbocycles. The fraction of sp³-hybridized carbons (Fsp3) is 0.500. The smallest absolute Gasteiger partial charge is 0.203 e. The van der Waals surface area contributed by atoms with Crippen molar-refractivity contribution < 1.29 is 14.2 Å². The minimum absolute atomic E-state index is 0.501. The van der Waals surface area contributed by atoms with Crippen molar-refractivity contribution in [1.29, 1.82) is 0 Å². The summed E-state index contributed by atoms with van der Waals surface area (Å²) < 4.78 is 16.5. The Hall–Kier alpha value is -1.72. The number of ether oxygens (including phenoxy) is 3. The van der Waals surface area contributed by atoms with Gasteiger partial charge in [-0.15, -0.1) is 11.3 Å². The van der Waals surface area contributed by atoms with Gasteiger partial charge in [0, 0.05) is 17.5 Å². The summed E-state index contributed by atoms with van der Waals surface area (Å²) in [5.41, 5.74) is 1.19. The number of hydrogen-bond donors (Lipinski definition) is 0. The van der Waals surface area contributed by atoms with E-state index in [1.807, 2.05) is 11.3 Å². The van der Waals surface area contributed by atoms with E-state index in [-0.39, 0.29) is 0 Å². The molecule has 0 aliphatic carbocycles. The fourth-order valence-corrected chi connectivity index (χ4v) is 4.52. The molecule has 0 spiro atoms. The molecule has 1 aromatic heterocycles. The molecule has 0 N–H and O–H groups in total. The Bertz CT molecular complexity index is 647. The van der Waals surface area contributed by atoms with Crippen LogP contribution in [-0.4, -0.2) is 32.8 Å². The molecule has 1 aliphatic heterocycles. The van der Waals surface area contributed by atoms with E-state index >= 15 is 0 Å². The lowest BCUT2D eigenvalue weighted by Gasteiger charge is -2.29. The summed E-state index contributed by atoms with van der Waals surface area (Å²) in [6, 6.07) is 9.06. The zero-order valence-electron chi connectivity index (χ0n) is 15.3. The lowest BCUT2D eigenvalue weighted by molar-refractivity contribution is 0.194. The number of thiophene rings is 1. The number of rotatable bonds is 6. The van der Waals surface area contributed by atoms with Gasteiger partial charge in [0.1, 0.15) is 0 Å². The predicted molar refractivity (Wildman–Crippen MR) is 102 cm³/mol. The normalized spacial score (nSPS) is 18.6. The molecule has 0 bridgehead atoms. The molecule has 0 radical (unpaired) electrons. The Labute approximate surface area is 154 Å². The molecule has 2 heterocycles. The van der Waals surface area contributed by atoms with E-state index in [9.17, 15) is 0 Å². The molecule has 1 aliphatic rings. The van der Waals surface area contributed by atoms with Crippen molar-refractivity contribution in [2.45, 2.75) is 38.3 Å². The molecule has 1 atom stereocenters. The van der Waals surface area contributed by atoms with E-state index in [4.69, 9.17) is 14.2 Å². The quantitative estimate of drug-likeness (QED) is 0.733. The molecule has 4 nitrogen and oxygen atoms in total. The molecule has 5 heteroatoms. The van der Waals surface area contributed by atoms with Crippen LogP contribution in [0.2, 0.25) is 0 Å². The summed E-state index contributed by atoms with van der Waals surface area (Å²) in [5.74, 6) is 2.10. The average molecular weight is 362 g/mol. The van der Waals surface area contributed by atoms with Crippen LogP contribution in [0.1, 0.15) is 42.2 Å². The Morgan fingerprint density at radius 1 is 1.04 bits per heavy atom. The molecule has 136 valence electrons. The van der Waals surface area contributed by atoms with Crippen molar-refractivity contribution in [2.24, 2.45) is 0 Å². The second kappa shape index (κ2) is 8.59. The first-order valence-electron chi connectivity index (χ1n) is 8.83. The van der Waals surface area contributed by atoms with Crippen molar-refractivity contribution in [2.75, 3.05) is 27.9 Å². The predicted octanol–water partition coefficient (Wildman–Crippen LogP) is 4.89. The average Bonchev–Trinajstić information content (AvgIpc) is 3.08. The number of likely N-dealkylation sites (tertiary alicyclic amines) is 1. The van der Waals surface area contributed by atoms with Crippen LogP contribution in [0.3, 0.4) is 0 Å². The molecular formula is C20H27NO3S. The van der Waals surface area contributed by atoms with Gasteiger partial charge < -0.3 is 14.2 Å². The van der Waals surface area contributed by atoms with E-state index in [2.05, 4.69) is 34.5 Å². The van der Waals surface area contributed by atoms with E-state index in [1.54, 1.807) is 21.3 Å². The SMILES string of the molecule is COc1cc(CN2CCCCC[C@@H]2c2cccs2)cc(OC)c1OC. The third kappa shape index (κ3) is 4.10. The zero-order chi connectivity index (χ0) is 17.6. The molecule has 25 heavy (non-hydrogen) atoms. The van der Waals surface area contributed by atoms with Crippen molar-refractivity contribution in [3.05, 3.63) is 40.1 Å².